The fourth-order valence-corrected chi connectivity index (χ4v) is 2.45. The molecule has 0 radical (unpaired) electrons. The van der Waals surface area contributed by atoms with E-state index >= 15 is 0 Å². The summed E-state index contributed by atoms with van der Waals surface area (Å²) in [4.78, 5) is 5.06. The summed E-state index contributed by atoms with van der Waals surface area (Å²) >= 11 is 0. The smallest absolute Gasteiger partial charge is 0.0350 e. The number of likely N-dealkylation sites (tertiary alicyclic amines) is 2. The van der Waals surface area contributed by atoms with E-state index in [0.29, 0.717) is 0 Å². The van der Waals surface area contributed by atoms with Gasteiger partial charge in [0.05, 0.1) is 0 Å². The molecule has 0 atom stereocenters. The standard InChI is InChI=1S/C10H21N3.3ClH/c1-11-9-3-5-13(6-4-9)10-7-12(2)8-10;;;/h9-11H,3-8H2,1-2H3;3*1H. The predicted octanol–water partition coefficient (Wildman–Crippen LogP) is 1.25. The zero-order valence-electron chi connectivity index (χ0n) is 10.0. The van der Waals surface area contributed by atoms with Crippen molar-refractivity contribution < 1.29 is 0 Å². The third-order valence-corrected chi connectivity index (χ3v) is 3.50. The molecule has 0 aromatic rings. The van der Waals surface area contributed by atoms with Crippen molar-refractivity contribution in [2.45, 2.75) is 24.9 Å². The SMILES string of the molecule is CNC1CCN(C2CN(C)C2)CC1.Cl.Cl.Cl. The average Bonchev–Trinajstić information content (AvgIpc) is 2.13. The highest BCUT2D eigenvalue weighted by molar-refractivity contribution is 5.86. The number of hydrogen-bond acceptors (Lipinski definition) is 3. The summed E-state index contributed by atoms with van der Waals surface area (Å²) in [6, 6.07) is 1.64. The molecule has 0 aliphatic carbocycles. The second kappa shape index (κ2) is 8.78. The van der Waals surface area contributed by atoms with E-state index in [2.05, 4.69) is 29.2 Å². The Balaban J connectivity index is 0. The van der Waals surface area contributed by atoms with Gasteiger partial charge in [0.15, 0.2) is 0 Å². The summed E-state index contributed by atoms with van der Waals surface area (Å²) in [7, 11) is 4.29. The minimum atomic E-state index is 0. The zero-order chi connectivity index (χ0) is 9.26. The second-order valence-electron chi connectivity index (χ2n) is 4.47. The Morgan fingerprint density at radius 3 is 1.88 bits per heavy atom. The Morgan fingerprint density at radius 1 is 1.00 bits per heavy atom. The minimum Gasteiger partial charge on any atom is -0.317 e. The van der Waals surface area contributed by atoms with Gasteiger partial charge in [-0.2, -0.15) is 0 Å². The van der Waals surface area contributed by atoms with Gasteiger partial charge in [-0.1, -0.05) is 0 Å². The molecule has 6 heteroatoms. The summed E-state index contributed by atoms with van der Waals surface area (Å²) < 4.78 is 0. The van der Waals surface area contributed by atoms with E-state index in [-0.39, 0.29) is 37.2 Å². The van der Waals surface area contributed by atoms with E-state index in [1.165, 1.54) is 39.0 Å². The maximum absolute atomic E-state index is 3.37. The van der Waals surface area contributed by atoms with Crippen LogP contribution in [0.15, 0.2) is 0 Å². The molecule has 0 unspecified atom stereocenters. The summed E-state index contributed by atoms with van der Waals surface area (Å²) in [5, 5.41) is 3.37. The first kappa shape index (κ1) is 19.1. The van der Waals surface area contributed by atoms with Crippen LogP contribution >= 0.6 is 37.2 Å². The van der Waals surface area contributed by atoms with E-state index < -0.39 is 0 Å². The highest BCUT2D eigenvalue weighted by Crippen LogP contribution is 2.18. The lowest BCUT2D eigenvalue weighted by atomic mass is 10.0. The third-order valence-electron chi connectivity index (χ3n) is 3.50. The molecule has 0 saturated carbocycles. The van der Waals surface area contributed by atoms with Gasteiger partial charge in [0.25, 0.3) is 0 Å². The van der Waals surface area contributed by atoms with Crippen LogP contribution in [-0.4, -0.2) is 62.2 Å². The van der Waals surface area contributed by atoms with Crippen LogP contribution in [0.5, 0.6) is 0 Å². The molecular formula is C10H24Cl3N3. The third kappa shape index (κ3) is 4.55. The fourth-order valence-electron chi connectivity index (χ4n) is 2.45. The highest BCUT2D eigenvalue weighted by atomic mass is 35.5. The molecule has 0 amide bonds. The Kier molecular flexibility index (Phi) is 10.5. The molecule has 2 rings (SSSR count). The molecule has 16 heavy (non-hydrogen) atoms. The van der Waals surface area contributed by atoms with Crippen LogP contribution in [0.4, 0.5) is 0 Å². The lowest BCUT2D eigenvalue weighted by Gasteiger charge is -2.46. The number of halogens is 3. The summed E-state index contributed by atoms with van der Waals surface area (Å²) in [6.45, 7) is 5.16. The first-order valence-corrected chi connectivity index (χ1v) is 5.39. The topological polar surface area (TPSA) is 18.5 Å². The molecule has 2 heterocycles. The number of rotatable bonds is 2. The van der Waals surface area contributed by atoms with Gasteiger partial charge in [-0.05, 0) is 26.9 Å². The van der Waals surface area contributed by atoms with Crippen molar-refractivity contribution in [3.8, 4) is 0 Å². The highest BCUT2D eigenvalue weighted by Gasteiger charge is 2.31. The van der Waals surface area contributed by atoms with E-state index in [1.807, 2.05) is 0 Å². The molecular weight excluding hydrogens is 268 g/mol. The van der Waals surface area contributed by atoms with E-state index in [4.69, 9.17) is 0 Å². The Labute approximate surface area is 118 Å². The van der Waals surface area contributed by atoms with Crippen LogP contribution in [0.25, 0.3) is 0 Å². The van der Waals surface area contributed by atoms with Crippen molar-refractivity contribution >= 4 is 37.2 Å². The zero-order valence-corrected chi connectivity index (χ0v) is 12.5. The van der Waals surface area contributed by atoms with Gasteiger partial charge in [-0.25, -0.2) is 0 Å². The normalized spacial score (nSPS) is 23.6. The van der Waals surface area contributed by atoms with Crippen molar-refractivity contribution in [2.24, 2.45) is 0 Å². The predicted molar refractivity (Wildman–Crippen MR) is 76.7 cm³/mol. The molecule has 0 bridgehead atoms. The van der Waals surface area contributed by atoms with Crippen molar-refractivity contribution in [1.82, 2.24) is 15.1 Å². The molecule has 2 aliphatic rings. The maximum Gasteiger partial charge on any atom is 0.0350 e. The number of likely N-dealkylation sites (N-methyl/N-ethyl adjacent to an activating group) is 1. The Morgan fingerprint density at radius 2 is 1.50 bits per heavy atom. The first-order valence-electron chi connectivity index (χ1n) is 5.39. The number of nitrogens with zero attached hydrogens (tertiary/aromatic N) is 2. The van der Waals surface area contributed by atoms with Gasteiger partial charge < -0.3 is 10.2 Å². The average molecular weight is 293 g/mol. The molecule has 2 aliphatic heterocycles. The van der Waals surface area contributed by atoms with E-state index in [0.717, 1.165) is 12.1 Å². The summed E-state index contributed by atoms with van der Waals surface area (Å²) in [5.41, 5.74) is 0. The molecule has 2 saturated heterocycles. The van der Waals surface area contributed by atoms with Gasteiger partial charge in [0.1, 0.15) is 0 Å². The monoisotopic (exact) mass is 291 g/mol. The Bertz CT molecular complexity index is 169. The van der Waals surface area contributed by atoms with Gasteiger partial charge in [-0.3, -0.25) is 4.90 Å². The van der Waals surface area contributed by atoms with Crippen molar-refractivity contribution in [2.75, 3.05) is 40.3 Å². The molecule has 2 fully saturated rings. The maximum atomic E-state index is 3.37. The quantitative estimate of drug-likeness (QED) is 0.826. The largest absolute Gasteiger partial charge is 0.317 e. The molecule has 0 aromatic heterocycles. The number of hydrogen-bond donors (Lipinski definition) is 1. The van der Waals surface area contributed by atoms with Crippen LogP contribution in [0.3, 0.4) is 0 Å². The van der Waals surface area contributed by atoms with Gasteiger partial charge in [0.2, 0.25) is 0 Å². The molecule has 3 nitrogen and oxygen atoms in total. The molecule has 0 spiro atoms. The summed E-state index contributed by atoms with van der Waals surface area (Å²) in [5.74, 6) is 0. The lowest BCUT2D eigenvalue weighted by Crippen LogP contribution is -2.60. The van der Waals surface area contributed by atoms with Gasteiger partial charge >= 0.3 is 0 Å². The summed E-state index contributed by atoms with van der Waals surface area (Å²) in [6.07, 6.45) is 2.66. The van der Waals surface area contributed by atoms with E-state index in [1.54, 1.807) is 0 Å². The lowest BCUT2D eigenvalue weighted by molar-refractivity contribution is 0.0346. The first-order chi connectivity index (χ1) is 6.29. The van der Waals surface area contributed by atoms with Crippen molar-refractivity contribution in [3.05, 3.63) is 0 Å². The van der Waals surface area contributed by atoms with Crippen LogP contribution in [0, 0.1) is 0 Å². The van der Waals surface area contributed by atoms with Crippen LogP contribution in [0.1, 0.15) is 12.8 Å². The van der Waals surface area contributed by atoms with Crippen molar-refractivity contribution in [1.29, 1.82) is 0 Å². The van der Waals surface area contributed by atoms with Crippen LogP contribution in [-0.2, 0) is 0 Å². The molecule has 100 valence electrons. The molecule has 0 aromatic carbocycles. The number of piperidine rings is 1. The van der Waals surface area contributed by atoms with Gasteiger partial charge in [0, 0.05) is 38.3 Å². The van der Waals surface area contributed by atoms with Gasteiger partial charge in [-0.15, -0.1) is 37.2 Å². The van der Waals surface area contributed by atoms with Crippen LogP contribution < -0.4 is 5.32 Å². The second-order valence-corrected chi connectivity index (χ2v) is 4.47. The Hall–Kier alpha value is 0.750. The number of nitrogens with one attached hydrogen (secondary N) is 1. The fraction of sp³-hybridized carbons (Fsp3) is 1.00. The molecule has 1 N–H and O–H groups in total. The minimum absolute atomic E-state index is 0. The van der Waals surface area contributed by atoms with E-state index in [9.17, 15) is 0 Å². The van der Waals surface area contributed by atoms with Crippen LogP contribution in [0.2, 0.25) is 0 Å². The van der Waals surface area contributed by atoms with Crippen molar-refractivity contribution in [3.63, 3.8) is 0 Å².